The minimum absolute atomic E-state index is 0.174. The van der Waals surface area contributed by atoms with Crippen LogP contribution < -0.4 is 0 Å². The maximum atomic E-state index is 9.89. The van der Waals surface area contributed by atoms with E-state index < -0.39 is 0 Å². The highest BCUT2D eigenvalue weighted by Crippen LogP contribution is 2.43. The van der Waals surface area contributed by atoms with Gasteiger partial charge in [-0.05, 0) is 28.9 Å². The van der Waals surface area contributed by atoms with Crippen molar-refractivity contribution in [1.29, 1.82) is 0 Å². The molecule has 0 aromatic heterocycles. The molecule has 84 valence electrons. The summed E-state index contributed by atoms with van der Waals surface area (Å²) in [7, 11) is 0. The van der Waals surface area contributed by atoms with Gasteiger partial charge in [0, 0.05) is 0 Å². The Balaban J connectivity index is 3.17. The zero-order chi connectivity index (χ0) is 11.6. The third kappa shape index (κ3) is 2.74. The molecule has 0 bridgehead atoms. The first-order chi connectivity index (χ1) is 6.84. The van der Waals surface area contributed by atoms with E-state index in [-0.39, 0.29) is 5.41 Å². The molecule has 0 amide bonds. The van der Waals surface area contributed by atoms with Gasteiger partial charge in [0.2, 0.25) is 0 Å². The summed E-state index contributed by atoms with van der Waals surface area (Å²) in [5, 5.41) is 9.89. The van der Waals surface area contributed by atoms with E-state index in [1.165, 1.54) is 0 Å². The van der Waals surface area contributed by atoms with Crippen LogP contribution in [0.1, 0.15) is 46.1 Å². The lowest BCUT2D eigenvalue weighted by Crippen LogP contribution is -2.23. The summed E-state index contributed by atoms with van der Waals surface area (Å²) >= 11 is 0. The molecule has 0 spiro atoms. The van der Waals surface area contributed by atoms with Gasteiger partial charge in [-0.1, -0.05) is 52.8 Å². The fourth-order valence-corrected chi connectivity index (χ4v) is 2.58. The molecular weight excluding hydrogens is 184 g/mol. The second kappa shape index (κ2) is 4.26. The van der Waals surface area contributed by atoms with Crippen LogP contribution in [0.2, 0.25) is 0 Å². The van der Waals surface area contributed by atoms with E-state index in [9.17, 15) is 5.11 Å². The molecule has 1 unspecified atom stereocenters. The summed E-state index contributed by atoms with van der Waals surface area (Å²) in [6.45, 7) is 11.1. The predicted octanol–water partition coefficient (Wildman–Crippen LogP) is 4.18. The molecule has 0 aliphatic carbocycles. The predicted molar refractivity (Wildman–Crippen MR) is 65.1 cm³/mol. The van der Waals surface area contributed by atoms with E-state index in [0.29, 0.717) is 17.6 Å². The van der Waals surface area contributed by atoms with Crippen molar-refractivity contribution >= 4 is 0 Å². The summed E-state index contributed by atoms with van der Waals surface area (Å²) in [5.74, 6) is 1.34. The zero-order valence-corrected chi connectivity index (χ0v) is 10.4. The van der Waals surface area contributed by atoms with Crippen molar-refractivity contribution < 1.29 is 5.11 Å². The minimum Gasteiger partial charge on any atom is -0.508 e. The molecule has 0 heterocycles. The van der Waals surface area contributed by atoms with E-state index >= 15 is 0 Å². The Hall–Kier alpha value is -0.980. The second-order valence-corrected chi connectivity index (χ2v) is 5.65. The molecule has 1 heteroatoms. The molecule has 0 aliphatic rings. The van der Waals surface area contributed by atoms with Crippen LogP contribution in [0, 0.1) is 11.3 Å². The van der Waals surface area contributed by atoms with Crippen LogP contribution in [-0.2, 0) is 0 Å². The number of hydrogen-bond donors (Lipinski definition) is 1. The van der Waals surface area contributed by atoms with E-state index in [4.69, 9.17) is 0 Å². The van der Waals surface area contributed by atoms with Gasteiger partial charge in [0.15, 0.2) is 0 Å². The number of aromatic hydroxyl groups is 1. The van der Waals surface area contributed by atoms with Crippen LogP contribution in [-0.4, -0.2) is 5.11 Å². The van der Waals surface area contributed by atoms with E-state index in [0.717, 1.165) is 5.56 Å². The topological polar surface area (TPSA) is 20.2 Å². The molecule has 15 heavy (non-hydrogen) atoms. The number of hydrogen-bond acceptors (Lipinski definition) is 1. The Labute approximate surface area is 93.1 Å². The lowest BCUT2D eigenvalue weighted by molar-refractivity contribution is 0.252. The Bertz CT molecular complexity index is 320. The van der Waals surface area contributed by atoms with Gasteiger partial charge in [-0.3, -0.25) is 0 Å². The highest BCUT2D eigenvalue weighted by Gasteiger charge is 2.30. The van der Waals surface area contributed by atoms with Crippen LogP contribution in [0.25, 0.3) is 0 Å². The maximum Gasteiger partial charge on any atom is 0.119 e. The molecular formula is C14H22O. The van der Waals surface area contributed by atoms with Crippen LogP contribution in [0.5, 0.6) is 5.75 Å². The van der Waals surface area contributed by atoms with Gasteiger partial charge in [0.05, 0.1) is 0 Å². The standard InChI is InChI=1S/C14H22O/c1-10(2)13(14(3,4)5)11-8-6-7-9-12(11)15/h6-10,13,15H,1-5H3. The van der Waals surface area contributed by atoms with Crippen molar-refractivity contribution in [1.82, 2.24) is 0 Å². The molecule has 0 radical (unpaired) electrons. The monoisotopic (exact) mass is 206 g/mol. The summed E-state index contributed by atoms with van der Waals surface area (Å²) < 4.78 is 0. The number of benzene rings is 1. The van der Waals surface area contributed by atoms with Crippen molar-refractivity contribution in [3.63, 3.8) is 0 Å². The third-order valence-corrected chi connectivity index (χ3v) is 2.87. The largest absolute Gasteiger partial charge is 0.508 e. The summed E-state index contributed by atoms with van der Waals surface area (Å²) in [5.41, 5.74) is 1.24. The zero-order valence-electron chi connectivity index (χ0n) is 10.4. The molecule has 1 rings (SSSR count). The van der Waals surface area contributed by atoms with Crippen molar-refractivity contribution in [3.8, 4) is 5.75 Å². The highest BCUT2D eigenvalue weighted by atomic mass is 16.3. The van der Waals surface area contributed by atoms with Gasteiger partial charge in [-0.25, -0.2) is 0 Å². The Morgan fingerprint density at radius 3 is 2.00 bits per heavy atom. The quantitative estimate of drug-likeness (QED) is 0.769. The average Bonchev–Trinajstić information content (AvgIpc) is 2.05. The lowest BCUT2D eigenvalue weighted by atomic mass is 9.70. The molecule has 1 aromatic rings. The average molecular weight is 206 g/mol. The van der Waals surface area contributed by atoms with Crippen LogP contribution in [0.4, 0.5) is 0 Å². The number of phenolic OH excluding ortho intramolecular Hbond substituents is 1. The first-order valence-electron chi connectivity index (χ1n) is 5.62. The van der Waals surface area contributed by atoms with Gasteiger partial charge in [-0.15, -0.1) is 0 Å². The fraction of sp³-hybridized carbons (Fsp3) is 0.571. The SMILES string of the molecule is CC(C)C(c1ccccc1O)C(C)(C)C. The minimum atomic E-state index is 0.174. The van der Waals surface area contributed by atoms with Gasteiger partial charge < -0.3 is 5.11 Å². The van der Waals surface area contributed by atoms with Gasteiger partial charge in [0.1, 0.15) is 5.75 Å². The summed E-state index contributed by atoms with van der Waals surface area (Å²) in [6, 6.07) is 7.68. The van der Waals surface area contributed by atoms with Crippen LogP contribution >= 0.6 is 0 Å². The molecule has 1 aromatic carbocycles. The normalized spacial score (nSPS) is 14.3. The second-order valence-electron chi connectivity index (χ2n) is 5.65. The van der Waals surface area contributed by atoms with E-state index in [1.807, 2.05) is 18.2 Å². The van der Waals surface area contributed by atoms with Gasteiger partial charge in [-0.2, -0.15) is 0 Å². The first-order valence-corrected chi connectivity index (χ1v) is 5.62. The third-order valence-electron chi connectivity index (χ3n) is 2.87. The van der Waals surface area contributed by atoms with Crippen LogP contribution in [0.3, 0.4) is 0 Å². The number of rotatable bonds is 2. The Morgan fingerprint density at radius 2 is 1.60 bits per heavy atom. The van der Waals surface area contributed by atoms with E-state index in [2.05, 4.69) is 34.6 Å². The number of para-hydroxylation sites is 1. The molecule has 1 atom stereocenters. The Kier molecular flexibility index (Phi) is 3.43. The van der Waals surface area contributed by atoms with E-state index in [1.54, 1.807) is 6.07 Å². The van der Waals surface area contributed by atoms with Gasteiger partial charge >= 0.3 is 0 Å². The Morgan fingerprint density at radius 1 is 1.07 bits per heavy atom. The number of phenols is 1. The van der Waals surface area contributed by atoms with Gasteiger partial charge in [0.25, 0.3) is 0 Å². The van der Waals surface area contributed by atoms with Crippen LogP contribution in [0.15, 0.2) is 24.3 Å². The smallest absolute Gasteiger partial charge is 0.119 e. The maximum absolute atomic E-state index is 9.89. The summed E-state index contributed by atoms with van der Waals surface area (Å²) in [4.78, 5) is 0. The lowest BCUT2D eigenvalue weighted by Gasteiger charge is -2.34. The molecule has 0 aliphatic heterocycles. The summed E-state index contributed by atoms with van der Waals surface area (Å²) in [6.07, 6.45) is 0. The molecule has 1 nitrogen and oxygen atoms in total. The molecule has 1 N–H and O–H groups in total. The molecule has 0 fully saturated rings. The highest BCUT2D eigenvalue weighted by molar-refractivity contribution is 5.36. The van der Waals surface area contributed by atoms with Crippen molar-refractivity contribution in [2.75, 3.05) is 0 Å². The fourth-order valence-electron chi connectivity index (χ4n) is 2.58. The van der Waals surface area contributed by atoms with Crippen molar-refractivity contribution in [3.05, 3.63) is 29.8 Å². The van der Waals surface area contributed by atoms with Crippen molar-refractivity contribution in [2.45, 2.75) is 40.5 Å². The van der Waals surface area contributed by atoms with Crippen molar-refractivity contribution in [2.24, 2.45) is 11.3 Å². The molecule has 0 saturated heterocycles. The first kappa shape index (κ1) is 12.1. The molecule has 0 saturated carbocycles.